The first kappa shape index (κ1) is 25.0. The number of ether oxygens (including phenoxy) is 3. The molecule has 4 fully saturated rings. The van der Waals surface area contributed by atoms with Gasteiger partial charge >= 0.3 is 0 Å². The average molecular weight is 634 g/mol. The van der Waals surface area contributed by atoms with Crippen LogP contribution in [0.15, 0.2) is 18.3 Å². The van der Waals surface area contributed by atoms with Crippen LogP contribution in [0.2, 0.25) is 0 Å². The number of anilines is 2. The first-order valence-electron chi connectivity index (χ1n) is 14.0. The van der Waals surface area contributed by atoms with E-state index < -0.39 is 0 Å². The summed E-state index contributed by atoms with van der Waals surface area (Å²) in [5.41, 5.74) is 2.08. The number of fused-ring (bicyclic) bond motifs is 3. The van der Waals surface area contributed by atoms with E-state index in [4.69, 9.17) is 29.4 Å². The highest BCUT2D eigenvalue weighted by Crippen LogP contribution is 2.41. The highest BCUT2D eigenvalue weighted by Gasteiger charge is 2.39. The lowest BCUT2D eigenvalue weighted by Crippen LogP contribution is -2.47. The van der Waals surface area contributed by atoms with Crippen molar-refractivity contribution in [1.82, 2.24) is 24.5 Å². The molecule has 0 spiro atoms. The van der Waals surface area contributed by atoms with E-state index in [2.05, 4.69) is 45.4 Å². The summed E-state index contributed by atoms with van der Waals surface area (Å²) in [5, 5.41) is 11.0. The molecule has 4 saturated heterocycles. The van der Waals surface area contributed by atoms with Crippen molar-refractivity contribution in [2.45, 2.75) is 82.3 Å². The molecule has 0 aliphatic carbocycles. The van der Waals surface area contributed by atoms with Crippen molar-refractivity contribution in [3.63, 3.8) is 0 Å². The van der Waals surface area contributed by atoms with Gasteiger partial charge in [-0.05, 0) is 74.5 Å². The number of hydrogen-bond donors (Lipinski definition) is 0. The second-order valence-corrected chi connectivity index (χ2v) is 12.2. The third-order valence-electron chi connectivity index (χ3n) is 8.80. The van der Waals surface area contributed by atoms with Gasteiger partial charge in [0.2, 0.25) is 0 Å². The lowest BCUT2D eigenvalue weighted by atomic mass is 9.99. The van der Waals surface area contributed by atoms with Crippen molar-refractivity contribution < 1.29 is 14.2 Å². The monoisotopic (exact) mass is 633 g/mol. The maximum absolute atomic E-state index is 5.98. The van der Waals surface area contributed by atoms with E-state index in [0.717, 1.165) is 97.7 Å². The molecule has 11 heteroatoms. The fourth-order valence-corrected chi connectivity index (χ4v) is 7.53. The number of halogens is 1. The minimum absolute atomic E-state index is 0.00983. The smallest absolute Gasteiger partial charge is 0.177 e. The zero-order chi connectivity index (χ0) is 25.8. The molecule has 0 radical (unpaired) electrons. The summed E-state index contributed by atoms with van der Waals surface area (Å²) in [7, 11) is 1.83. The summed E-state index contributed by atoms with van der Waals surface area (Å²) in [6, 6.07) is 5.45. The number of morpholine rings is 1. The molecule has 4 aliphatic heterocycles. The second-order valence-electron chi connectivity index (χ2n) is 11.1. The van der Waals surface area contributed by atoms with Gasteiger partial charge in [-0.15, -0.1) is 0 Å². The lowest BCUT2D eigenvalue weighted by molar-refractivity contribution is -0.0395. The van der Waals surface area contributed by atoms with Gasteiger partial charge in [-0.2, -0.15) is 14.9 Å². The van der Waals surface area contributed by atoms with Crippen molar-refractivity contribution in [3.8, 4) is 5.82 Å². The Morgan fingerprint density at radius 1 is 1.05 bits per heavy atom. The molecule has 204 valence electrons. The van der Waals surface area contributed by atoms with E-state index in [1.165, 1.54) is 5.69 Å². The number of pyridine rings is 1. The molecular formula is C27H36IN7O3. The molecule has 38 heavy (non-hydrogen) atoms. The maximum Gasteiger partial charge on any atom is 0.177 e. The number of rotatable bonds is 5. The number of methoxy groups -OCH3 is 1. The van der Waals surface area contributed by atoms with Crippen LogP contribution in [0.3, 0.4) is 0 Å². The summed E-state index contributed by atoms with van der Waals surface area (Å²) >= 11 is 2.37. The van der Waals surface area contributed by atoms with Crippen LogP contribution in [0.25, 0.3) is 16.9 Å². The van der Waals surface area contributed by atoms with Gasteiger partial charge in [0.1, 0.15) is 15.7 Å². The molecule has 2 bridgehead atoms. The fraction of sp³-hybridized carbons (Fsp3) is 0.667. The summed E-state index contributed by atoms with van der Waals surface area (Å²) < 4.78 is 22.4. The van der Waals surface area contributed by atoms with E-state index in [-0.39, 0.29) is 6.23 Å². The highest BCUT2D eigenvalue weighted by molar-refractivity contribution is 14.1. The Bertz CT molecular complexity index is 1290. The molecule has 4 unspecified atom stereocenters. The topological polar surface area (TPSA) is 82.7 Å². The molecule has 7 rings (SSSR count). The van der Waals surface area contributed by atoms with Crippen LogP contribution in [0.5, 0.6) is 0 Å². The average Bonchev–Trinajstić information content (AvgIpc) is 3.63. The van der Waals surface area contributed by atoms with E-state index in [0.29, 0.717) is 24.2 Å². The highest BCUT2D eigenvalue weighted by atomic mass is 127. The Kier molecular flexibility index (Phi) is 6.73. The van der Waals surface area contributed by atoms with Crippen molar-refractivity contribution in [1.29, 1.82) is 0 Å². The predicted octanol–water partition coefficient (Wildman–Crippen LogP) is 4.29. The molecule has 3 aromatic heterocycles. The normalized spacial score (nSPS) is 29.9. The van der Waals surface area contributed by atoms with Crippen LogP contribution >= 0.6 is 22.6 Å². The Morgan fingerprint density at radius 2 is 1.89 bits per heavy atom. The molecular weight excluding hydrogens is 597 g/mol. The third kappa shape index (κ3) is 4.29. The first-order valence-corrected chi connectivity index (χ1v) is 15.1. The largest absolute Gasteiger partial charge is 0.381 e. The van der Waals surface area contributed by atoms with Crippen LogP contribution in [-0.2, 0) is 14.2 Å². The quantitative estimate of drug-likeness (QED) is 0.385. The minimum Gasteiger partial charge on any atom is -0.381 e. The van der Waals surface area contributed by atoms with E-state index in [1.807, 2.05) is 28.7 Å². The van der Waals surface area contributed by atoms with E-state index in [1.54, 1.807) is 0 Å². The van der Waals surface area contributed by atoms with Gasteiger partial charge in [0.05, 0.1) is 42.5 Å². The van der Waals surface area contributed by atoms with Crippen LogP contribution in [0, 0.1) is 3.70 Å². The van der Waals surface area contributed by atoms with Gasteiger partial charge in [0.25, 0.3) is 0 Å². The van der Waals surface area contributed by atoms with Gasteiger partial charge in [-0.3, -0.25) is 0 Å². The van der Waals surface area contributed by atoms with Crippen LogP contribution in [0.4, 0.5) is 11.5 Å². The first-order chi connectivity index (χ1) is 18.6. The van der Waals surface area contributed by atoms with Crippen molar-refractivity contribution in [3.05, 3.63) is 22.0 Å². The van der Waals surface area contributed by atoms with Crippen LogP contribution in [-0.4, -0.2) is 82.2 Å². The van der Waals surface area contributed by atoms with Crippen molar-refractivity contribution in [2.24, 2.45) is 0 Å². The number of hydrogen-bond acceptors (Lipinski definition) is 8. The molecule has 0 amide bonds. The summed E-state index contributed by atoms with van der Waals surface area (Å²) in [5.74, 6) is 1.80. The maximum atomic E-state index is 5.98. The summed E-state index contributed by atoms with van der Waals surface area (Å²) in [4.78, 5) is 10.4. The van der Waals surface area contributed by atoms with Gasteiger partial charge in [-0.1, -0.05) is 0 Å². The van der Waals surface area contributed by atoms with Crippen molar-refractivity contribution in [2.75, 3.05) is 43.3 Å². The fourth-order valence-electron chi connectivity index (χ4n) is 6.80. The molecule has 3 aromatic rings. The molecule has 7 heterocycles. The molecule has 0 saturated carbocycles. The van der Waals surface area contributed by atoms with Crippen molar-refractivity contribution >= 4 is 45.1 Å². The second kappa shape index (κ2) is 10.2. The van der Waals surface area contributed by atoms with E-state index in [9.17, 15) is 0 Å². The summed E-state index contributed by atoms with van der Waals surface area (Å²) in [6.45, 7) is 5.58. The standard InChI is InChI=1S/C27H36IN7O3/c1-17-13-20(36-2)8-10-32(17)21-14-23(34-18-6-7-19(34)16-37-15-18)29-27-25(21)26(28)31-35(27)22-9-11-33(30-22)24-5-3-4-12-38-24/h9,11,14,17-20,24H,3-8,10,12-13,15-16H2,1-2H3/t17-,18?,19?,20?,24?/m1/s1. The molecule has 0 aromatic carbocycles. The Balaban J connectivity index is 1.35. The predicted molar refractivity (Wildman–Crippen MR) is 153 cm³/mol. The Hall–Kier alpha value is -1.96. The number of nitrogens with zero attached hydrogens (tertiary/aromatic N) is 7. The van der Waals surface area contributed by atoms with Gasteiger partial charge in [0.15, 0.2) is 11.5 Å². The molecule has 0 N–H and O–H groups in total. The third-order valence-corrected chi connectivity index (χ3v) is 9.55. The van der Waals surface area contributed by atoms with E-state index >= 15 is 0 Å². The van der Waals surface area contributed by atoms with Gasteiger partial charge in [-0.25, -0.2) is 9.67 Å². The van der Waals surface area contributed by atoms with Crippen LogP contribution < -0.4 is 9.80 Å². The molecule has 5 atom stereocenters. The molecule has 10 nitrogen and oxygen atoms in total. The molecule has 4 aliphatic rings. The zero-order valence-electron chi connectivity index (χ0n) is 22.1. The van der Waals surface area contributed by atoms with Gasteiger partial charge in [0, 0.05) is 44.6 Å². The SMILES string of the molecule is COC1CCN(c2cc(N3C4CCC3COC4)nc3c2c(I)nn3-c2ccn(C3CCCCO3)n2)[C@H](C)C1. The Labute approximate surface area is 236 Å². The Morgan fingerprint density at radius 3 is 2.63 bits per heavy atom. The summed E-state index contributed by atoms with van der Waals surface area (Å²) in [6.07, 6.45) is 9.90. The van der Waals surface area contributed by atoms with Crippen LogP contribution in [0.1, 0.15) is 58.1 Å². The number of piperidine rings is 1. The minimum atomic E-state index is -0.00983. The zero-order valence-corrected chi connectivity index (χ0v) is 24.3. The lowest BCUT2D eigenvalue weighted by Gasteiger charge is -2.40. The van der Waals surface area contributed by atoms with Gasteiger partial charge < -0.3 is 24.0 Å². The number of aromatic nitrogens is 5.